The standard InChI is InChI=1S/C11H18BrN3/c1-3-5-6-10-14-8-9(12)11(15-10)13-7-4-2/h8H,3-7H2,1-2H3,(H,13,14,15). The Morgan fingerprint density at radius 1 is 1.33 bits per heavy atom. The summed E-state index contributed by atoms with van der Waals surface area (Å²) in [5.41, 5.74) is 0. The number of anilines is 1. The Morgan fingerprint density at radius 2 is 2.13 bits per heavy atom. The van der Waals surface area contributed by atoms with Gasteiger partial charge in [-0.1, -0.05) is 20.3 Å². The van der Waals surface area contributed by atoms with Gasteiger partial charge in [0.15, 0.2) is 0 Å². The highest BCUT2D eigenvalue weighted by atomic mass is 79.9. The van der Waals surface area contributed by atoms with Crippen LogP contribution in [0.25, 0.3) is 0 Å². The molecule has 0 aliphatic rings. The number of halogens is 1. The van der Waals surface area contributed by atoms with Crippen LogP contribution < -0.4 is 5.32 Å². The summed E-state index contributed by atoms with van der Waals surface area (Å²) in [7, 11) is 0. The van der Waals surface area contributed by atoms with E-state index in [0.717, 1.165) is 41.9 Å². The molecule has 1 aromatic heterocycles. The number of hydrogen-bond donors (Lipinski definition) is 1. The highest BCUT2D eigenvalue weighted by Gasteiger charge is 2.03. The Bertz CT molecular complexity index is 302. The third-order valence-electron chi connectivity index (χ3n) is 2.09. The van der Waals surface area contributed by atoms with Crippen molar-refractivity contribution >= 4 is 21.7 Å². The van der Waals surface area contributed by atoms with E-state index < -0.39 is 0 Å². The molecule has 0 aromatic carbocycles. The van der Waals surface area contributed by atoms with Crippen molar-refractivity contribution in [2.75, 3.05) is 11.9 Å². The van der Waals surface area contributed by atoms with Gasteiger partial charge in [-0.25, -0.2) is 9.97 Å². The molecule has 1 aromatic rings. The number of nitrogens with one attached hydrogen (secondary N) is 1. The van der Waals surface area contributed by atoms with E-state index in [1.807, 2.05) is 6.20 Å². The first kappa shape index (κ1) is 12.4. The van der Waals surface area contributed by atoms with Gasteiger partial charge in [0.1, 0.15) is 11.6 Å². The molecular formula is C11H18BrN3. The second-order valence-corrected chi connectivity index (χ2v) is 4.37. The van der Waals surface area contributed by atoms with Gasteiger partial charge in [0.2, 0.25) is 0 Å². The minimum atomic E-state index is 0.915. The lowest BCUT2D eigenvalue weighted by molar-refractivity contribution is 0.751. The van der Waals surface area contributed by atoms with Crippen LogP contribution >= 0.6 is 15.9 Å². The molecule has 15 heavy (non-hydrogen) atoms. The van der Waals surface area contributed by atoms with Crippen LogP contribution in [-0.2, 0) is 6.42 Å². The molecule has 0 saturated carbocycles. The van der Waals surface area contributed by atoms with Gasteiger partial charge in [-0.3, -0.25) is 0 Å². The zero-order valence-electron chi connectivity index (χ0n) is 9.39. The number of rotatable bonds is 6. The van der Waals surface area contributed by atoms with Crippen molar-refractivity contribution in [1.82, 2.24) is 9.97 Å². The first-order chi connectivity index (χ1) is 7.27. The molecule has 0 aliphatic carbocycles. The Balaban J connectivity index is 2.66. The third kappa shape index (κ3) is 4.16. The predicted molar refractivity (Wildman–Crippen MR) is 67.1 cm³/mol. The van der Waals surface area contributed by atoms with Crippen molar-refractivity contribution in [2.24, 2.45) is 0 Å². The second kappa shape index (κ2) is 6.77. The lowest BCUT2D eigenvalue weighted by atomic mass is 10.2. The average molecular weight is 272 g/mol. The molecule has 4 heteroatoms. The number of nitrogens with zero attached hydrogens (tertiary/aromatic N) is 2. The van der Waals surface area contributed by atoms with Gasteiger partial charge >= 0.3 is 0 Å². The van der Waals surface area contributed by atoms with Crippen LogP contribution in [0, 0.1) is 0 Å². The molecule has 0 atom stereocenters. The molecule has 0 saturated heterocycles. The van der Waals surface area contributed by atoms with E-state index in [9.17, 15) is 0 Å². The molecule has 1 N–H and O–H groups in total. The second-order valence-electron chi connectivity index (χ2n) is 3.51. The Kier molecular flexibility index (Phi) is 5.61. The summed E-state index contributed by atoms with van der Waals surface area (Å²) >= 11 is 3.44. The van der Waals surface area contributed by atoms with Gasteiger partial charge in [-0.15, -0.1) is 0 Å². The van der Waals surface area contributed by atoms with Crippen LogP contribution in [0.1, 0.15) is 38.9 Å². The van der Waals surface area contributed by atoms with Gasteiger partial charge < -0.3 is 5.32 Å². The number of aromatic nitrogens is 2. The van der Waals surface area contributed by atoms with Crippen LogP contribution in [0.3, 0.4) is 0 Å². The monoisotopic (exact) mass is 271 g/mol. The molecule has 3 nitrogen and oxygen atoms in total. The molecule has 0 fully saturated rings. The largest absolute Gasteiger partial charge is 0.369 e. The fourth-order valence-electron chi connectivity index (χ4n) is 1.23. The van der Waals surface area contributed by atoms with E-state index in [4.69, 9.17) is 0 Å². The van der Waals surface area contributed by atoms with Gasteiger partial charge in [0.05, 0.1) is 4.47 Å². The van der Waals surface area contributed by atoms with Gasteiger partial charge in [0.25, 0.3) is 0 Å². The molecule has 1 heterocycles. The summed E-state index contributed by atoms with van der Waals surface area (Å²) < 4.78 is 0.941. The highest BCUT2D eigenvalue weighted by Crippen LogP contribution is 2.18. The maximum atomic E-state index is 4.48. The van der Waals surface area contributed by atoms with E-state index in [1.165, 1.54) is 6.42 Å². The minimum Gasteiger partial charge on any atom is -0.369 e. The zero-order chi connectivity index (χ0) is 11.1. The third-order valence-corrected chi connectivity index (χ3v) is 2.67. The maximum Gasteiger partial charge on any atom is 0.144 e. The van der Waals surface area contributed by atoms with Crippen molar-refractivity contribution in [3.63, 3.8) is 0 Å². The topological polar surface area (TPSA) is 37.8 Å². The summed E-state index contributed by atoms with van der Waals surface area (Å²) in [5.74, 6) is 1.84. The first-order valence-electron chi connectivity index (χ1n) is 5.53. The summed E-state index contributed by atoms with van der Waals surface area (Å²) in [6.07, 6.45) is 6.22. The van der Waals surface area contributed by atoms with Crippen LogP contribution in [0.4, 0.5) is 5.82 Å². The van der Waals surface area contributed by atoms with Gasteiger partial charge in [-0.2, -0.15) is 0 Å². The average Bonchev–Trinajstić information content (AvgIpc) is 2.26. The van der Waals surface area contributed by atoms with E-state index >= 15 is 0 Å². The normalized spacial score (nSPS) is 10.3. The summed E-state index contributed by atoms with van der Waals surface area (Å²) in [4.78, 5) is 8.76. The van der Waals surface area contributed by atoms with Gasteiger partial charge in [0, 0.05) is 19.2 Å². The SMILES string of the molecule is CCCCc1ncc(Br)c(NCCC)n1. The van der Waals surface area contributed by atoms with Crippen molar-refractivity contribution in [3.05, 3.63) is 16.5 Å². The first-order valence-corrected chi connectivity index (χ1v) is 6.32. The maximum absolute atomic E-state index is 4.48. The molecule has 0 amide bonds. The Labute approximate surface area is 99.8 Å². The van der Waals surface area contributed by atoms with Crippen molar-refractivity contribution in [2.45, 2.75) is 39.5 Å². The highest BCUT2D eigenvalue weighted by molar-refractivity contribution is 9.10. The van der Waals surface area contributed by atoms with Crippen LogP contribution in [0.2, 0.25) is 0 Å². The van der Waals surface area contributed by atoms with Crippen molar-refractivity contribution < 1.29 is 0 Å². The Hall–Kier alpha value is -0.640. The molecule has 0 bridgehead atoms. The molecule has 0 spiro atoms. The zero-order valence-corrected chi connectivity index (χ0v) is 11.0. The van der Waals surface area contributed by atoms with Crippen LogP contribution in [0.5, 0.6) is 0 Å². The van der Waals surface area contributed by atoms with Crippen molar-refractivity contribution in [1.29, 1.82) is 0 Å². The number of hydrogen-bond acceptors (Lipinski definition) is 3. The predicted octanol–water partition coefficient (Wildman–Crippen LogP) is 3.40. The van der Waals surface area contributed by atoms with E-state index in [0.29, 0.717) is 0 Å². The molecule has 0 aliphatic heterocycles. The van der Waals surface area contributed by atoms with Crippen molar-refractivity contribution in [3.8, 4) is 0 Å². The minimum absolute atomic E-state index is 0.915. The lowest BCUT2D eigenvalue weighted by Gasteiger charge is -2.07. The Morgan fingerprint density at radius 3 is 2.80 bits per heavy atom. The summed E-state index contributed by atoms with van der Waals surface area (Å²) in [6, 6.07) is 0. The quantitative estimate of drug-likeness (QED) is 0.862. The molecule has 84 valence electrons. The number of unbranched alkanes of at least 4 members (excludes halogenated alkanes) is 1. The summed E-state index contributed by atoms with van der Waals surface area (Å²) in [5, 5.41) is 3.28. The van der Waals surface area contributed by atoms with E-state index in [-0.39, 0.29) is 0 Å². The van der Waals surface area contributed by atoms with Crippen LogP contribution in [-0.4, -0.2) is 16.5 Å². The fraction of sp³-hybridized carbons (Fsp3) is 0.636. The summed E-state index contributed by atoms with van der Waals surface area (Å²) in [6.45, 7) is 5.26. The van der Waals surface area contributed by atoms with E-state index in [2.05, 4.69) is 45.1 Å². The fourth-order valence-corrected chi connectivity index (χ4v) is 1.56. The van der Waals surface area contributed by atoms with E-state index in [1.54, 1.807) is 0 Å². The van der Waals surface area contributed by atoms with Crippen LogP contribution in [0.15, 0.2) is 10.7 Å². The molecule has 0 radical (unpaired) electrons. The molecule has 0 unspecified atom stereocenters. The number of aryl methyl sites for hydroxylation is 1. The smallest absolute Gasteiger partial charge is 0.144 e. The molecule has 1 rings (SSSR count). The van der Waals surface area contributed by atoms with Gasteiger partial charge in [-0.05, 0) is 28.8 Å². The lowest BCUT2D eigenvalue weighted by Crippen LogP contribution is -2.05. The molecular weight excluding hydrogens is 254 g/mol.